The van der Waals surface area contributed by atoms with E-state index in [9.17, 15) is 14.9 Å². The molecule has 35 heavy (non-hydrogen) atoms. The first kappa shape index (κ1) is 24.6. The molecule has 1 N–H and O–H groups in total. The number of piperazine rings is 1. The molecule has 0 saturated carbocycles. The number of hydrogen-bond acceptors (Lipinski definition) is 6. The summed E-state index contributed by atoms with van der Waals surface area (Å²) in [7, 11) is 2.16. The maximum Gasteiger partial charge on any atom is 0.269 e. The fourth-order valence-electron chi connectivity index (χ4n) is 4.23. The van der Waals surface area contributed by atoms with Gasteiger partial charge in [0.2, 0.25) is 5.91 Å². The van der Waals surface area contributed by atoms with Crippen molar-refractivity contribution in [3.8, 4) is 16.9 Å². The lowest BCUT2D eigenvalue weighted by atomic mass is 10.1. The van der Waals surface area contributed by atoms with Crippen LogP contribution in [0, 0.1) is 10.1 Å². The van der Waals surface area contributed by atoms with Gasteiger partial charge >= 0.3 is 0 Å². The van der Waals surface area contributed by atoms with Gasteiger partial charge in [-0.1, -0.05) is 18.2 Å². The van der Waals surface area contributed by atoms with Crippen molar-refractivity contribution < 1.29 is 9.72 Å². The van der Waals surface area contributed by atoms with Crippen molar-refractivity contribution >= 4 is 11.6 Å². The number of aromatic nitrogens is 2. The number of likely N-dealkylation sites (N-methyl/N-ethyl adjacent to an activating group) is 1. The number of nitrogens with zero attached hydrogens (tertiary/aromatic N) is 5. The molecule has 1 saturated heterocycles. The maximum atomic E-state index is 12.7. The lowest BCUT2D eigenvalue weighted by Crippen LogP contribution is -2.44. The molecule has 1 aliphatic heterocycles. The number of nitrogens with one attached hydrogen (secondary N) is 1. The average Bonchev–Trinajstić information content (AvgIpc) is 3.29. The third-order valence-corrected chi connectivity index (χ3v) is 6.33. The van der Waals surface area contributed by atoms with Gasteiger partial charge in [-0.25, -0.2) is 4.68 Å². The lowest BCUT2D eigenvalue weighted by Gasteiger charge is -2.32. The number of unbranched alkanes of at least 4 members (excludes halogenated alkanes) is 1. The van der Waals surface area contributed by atoms with Crippen LogP contribution in [0.4, 0.5) is 5.69 Å². The molecule has 4 rings (SSSR count). The summed E-state index contributed by atoms with van der Waals surface area (Å²) in [6.45, 7) is 6.17. The minimum absolute atomic E-state index is 0.0205. The molecule has 0 atom stereocenters. The second-order valence-electron chi connectivity index (χ2n) is 8.97. The van der Waals surface area contributed by atoms with Gasteiger partial charge in [-0.15, -0.1) is 0 Å². The Morgan fingerprint density at radius 2 is 1.74 bits per heavy atom. The predicted octanol–water partition coefficient (Wildman–Crippen LogP) is 3.13. The van der Waals surface area contributed by atoms with Crippen molar-refractivity contribution in [2.75, 3.05) is 46.3 Å². The van der Waals surface area contributed by atoms with Crippen molar-refractivity contribution in [3.63, 3.8) is 0 Å². The Labute approximate surface area is 205 Å². The Balaban J connectivity index is 1.37. The molecule has 0 spiro atoms. The molecule has 0 radical (unpaired) electrons. The van der Waals surface area contributed by atoms with Crippen LogP contribution in [0.3, 0.4) is 0 Å². The molecular weight excluding hydrogens is 444 g/mol. The highest BCUT2D eigenvalue weighted by Gasteiger charge is 2.17. The number of para-hydroxylation sites is 1. The second kappa shape index (κ2) is 11.7. The molecule has 0 aliphatic carbocycles. The lowest BCUT2D eigenvalue weighted by molar-refractivity contribution is -0.384. The van der Waals surface area contributed by atoms with E-state index in [0.29, 0.717) is 12.2 Å². The number of benzene rings is 2. The van der Waals surface area contributed by atoms with E-state index in [0.717, 1.165) is 62.4 Å². The van der Waals surface area contributed by atoms with Crippen LogP contribution in [0.5, 0.6) is 0 Å². The van der Waals surface area contributed by atoms with Crippen LogP contribution in [0.2, 0.25) is 0 Å². The number of amides is 1. The van der Waals surface area contributed by atoms with Crippen LogP contribution in [-0.4, -0.2) is 76.7 Å². The molecule has 0 bridgehead atoms. The normalized spacial score (nSPS) is 14.7. The largest absolute Gasteiger partial charge is 0.356 e. The molecule has 1 aliphatic rings. The molecule has 9 nitrogen and oxygen atoms in total. The predicted molar refractivity (Wildman–Crippen MR) is 136 cm³/mol. The SMILES string of the molecule is CN1CCN(CCCCNC(=O)Cc2cn(-c3ccccc3)nc2-c2ccc([N+](=O)[O-])cc2)CC1. The highest BCUT2D eigenvalue weighted by atomic mass is 16.6. The standard InChI is InChI=1S/C26H32N6O3/c1-29-15-17-30(18-16-29)14-6-5-13-27-25(33)19-22-20-31(23-7-3-2-4-8-23)28-26(22)21-9-11-24(12-10-21)32(34)35/h2-4,7-12,20H,5-6,13-19H2,1H3,(H,27,33). The van der Waals surface area contributed by atoms with Crippen molar-refractivity contribution in [2.24, 2.45) is 0 Å². The van der Waals surface area contributed by atoms with Gasteiger partial charge in [0.15, 0.2) is 0 Å². The second-order valence-corrected chi connectivity index (χ2v) is 8.97. The van der Waals surface area contributed by atoms with E-state index in [2.05, 4.69) is 22.2 Å². The fraction of sp³-hybridized carbons (Fsp3) is 0.385. The maximum absolute atomic E-state index is 12.7. The summed E-state index contributed by atoms with van der Waals surface area (Å²) in [4.78, 5) is 28.2. The molecule has 1 amide bonds. The van der Waals surface area contributed by atoms with Gasteiger partial charge in [0.1, 0.15) is 0 Å². The molecular formula is C26H32N6O3. The van der Waals surface area contributed by atoms with Crippen molar-refractivity contribution in [2.45, 2.75) is 19.3 Å². The number of non-ortho nitro benzene ring substituents is 1. The van der Waals surface area contributed by atoms with Crippen LogP contribution < -0.4 is 5.32 Å². The topological polar surface area (TPSA) is 96.5 Å². The molecule has 0 unspecified atom stereocenters. The number of nitro benzene ring substituents is 1. The van der Waals surface area contributed by atoms with E-state index in [1.54, 1.807) is 16.8 Å². The summed E-state index contributed by atoms with van der Waals surface area (Å²) >= 11 is 0. The van der Waals surface area contributed by atoms with Gasteiger partial charge < -0.3 is 15.1 Å². The zero-order chi connectivity index (χ0) is 24.6. The van der Waals surface area contributed by atoms with Gasteiger partial charge in [0.05, 0.1) is 22.7 Å². The van der Waals surface area contributed by atoms with Crippen LogP contribution >= 0.6 is 0 Å². The number of nitro groups is 1. The molecule has 184 valence electrons. The van der Waals surface area contributed by atoms with Crippen molar-refractivity contribution in [3.05, 3.63) is 76.5 Å². The van der Waals surface area contributed by atoms with E-state index in [4.69, 9.17) is 5.10 Å². The van der Waals surface area contributed by atoms with Gasteiger partial charge in [-0.2, -0.15) is 5.10 Å². The van der Waals surface area contributed by atoms with E-state index in [1.165, 1.54) is 12.1 Å². The van der Waals surface area contributed by atoms with Crippen molar-refractivity contribution in [1.82, 2.24) is 24.9 Å². The zero-order valence-electron chi connectivity index (χ0n) is 20.1. The average molecular weight is 477 g/mol. The zero-order valence-corrected chi connectivity index (χ0v) is 20.1. The Bertz CT molecular complexity index is 1120. The fourth-order valence-corrected chi connectivity index (χ4v) is 4.23. The smallest absolute Gasteiger partial charge is 0.269 e. The number of carbonyl (C=O) groups excluding carboxylic acids is 1. The van der Waals surface area contributed by atoms with Crippen LogP contribution in [-0.2, 0) is 11.2 Å². The van der Waals surface area contributed by atoms with Crippen LogP contribution in [0.1, 0.15) is 18.4 Å². The van der Waals surface area contributed by atoms with Crippen LogP contribution in [0.25, 0.3) is 16.9 Å². The summed E-state index contributed by atoms with van der Waals surface area (Å²) in [6, 6.07) is 15.9. The summed E-state index contributed by atoms with van der Waals surface area (Å²) < 4.78 is 1.75. The Hall–Kier alpha value is -3.56. The van der Waals surface area contributed by atoms with Crippen molar-refractivity contribution in [1.29, 1.82) is 0 Å². The van der Waals surface area contributed by atoms with Gasteiger partial charge in [-0.05, 0) is 50.7 Å². The summed E-state index contributed by atoms with van der Waals surface area (Å²) in [5.41, 5.74) is 3.06. The first-order chi connectivity index (χ1) is 17.0. The van der Waals surface area contributed by atoms with Gasteiger partial charge in [0, 0.05) is 62.2 Å². The molecule has 9 heteroatoms. The van der Waals surface area contributed by atoms with Gasteiger partial charge in [0.25, 0.3) is 5.69 Å². The van der Waals surface area contributed by atoms with E-state index >= 15 is 0 Å². The van der Waals surface area contributed by atoms with Crippen LogP contribution in [0.15, 0.2) is 60.8 Å². The number of rotatable bonds is 10. The first-order valence-corrected chi connectivity index (χ1v) is 12.1. The third kappa shape index (κ3) is 6.74. The minimum atomic E-state index is -0.426. The highest BCUT2D eigenvalue weighted by molar-refractivity contribution is 5.81. The van der Waals surface area contributed by atoms with E-state index in [-0.39, 0.29) is 18.0 Å². The Kier molecular flexibility index (Phi) is 8.23. The number of hydrogen-bond donors (Lipinski definition) is 1. The Morgan fingerprint density at radius 1 is 1.03 bits per heavy atom. The number of carbonyl (C=O) groups is 1. The van der Waals surface area contributed by atoms with Gasteiger partial charge in [-0.3, -0.25) is 14.9 Å². The highest BCUT2D eigenvalue weighted by Crippen LogP contribution is 2.26. The monoisotopic (exact) mass is 476 g/mol. The summed E-state index contributed by atoms with van der Waals surface area (Å²) in [6.07, 6.45) is 4.05. The third-order valence-electron chi connectivity index (χ3n) is 6.33. The summed E-state index contributed by atoms with van der Waals surface area (Å²) in [5.74, 6) is -0.0552. The molecule has 2 heterocycles. The summed E-state index contributed by atoms with van der Waals surface area (Å²) in [5, 5.41) is 18.8. The first-order valence-electron chi connectivity index (χ1n) is 12.1. The molecule has 2 aromatic carbocycles. The quantitative estimate of drug-likeness (QED) is 0.274. The Morgan fingerprint density at radius 3 is 2.43 bits per heavy atom. The molecule has 3 aromatic rings. The minimum Gasteiger partial charge on any atom is -0.356 e. The molecule has 1 fully saturated rings. The van der Waals surface area contributed by atoms with E-state index in [1.807, 2.05) is 36.5 Å². The van der Waals surface area contributed by atoms with E-state index < -0.39 is 4.92 Å². The molecule has 1 aromatic heterocycles.